The van der Waals surface area contributed by atoms with Crippen molar-refractivity contribution in [1.29, 1.82) is 0 Å². The SMILES string of the molecule is CCOC(=O)C1=C(C)NC(=S)N[C@@H]1c1ccccc1OCC(=O)NN=Cc1cccc(OCc2ccc([N+](=O)[O-])cc2)c1. The number of para-hydroxylation sites is 1. The monoisotopic (exact) mass is 603 g/mol. The average Bonchev–Trinajstić information content (AvgIpc) is 2.99. The van der Waals surface area contributed by atoms with Crippen LogP contribution in [0, 0.1) is 10.1 Å². The van der Waals surface area contributed by atoms with Gasteiger partial charge >= 0.3 is 5.97 Å². The zero-order valence-electron chi connectivity index (χ0n) is 23.4. The normalized spacial score (nSPS) is 14.5. The van der Waals surface area contributed by atoms with Gasteiger partial charge in [-0.25, -0.2) is 10.2 Å². The third-order valence-electron chi connectivity index (χ3n) is 6.17. The topological polar surface area (TPSA) is 153 Å². The highest BCUT2D eigenvalue weighted by atomic mass is 32.1. The fourth-order valence-electron chi connectivity index (χ4n) is 4.18. The van der Waals surface area contributed by atoms with E-state index in [1.165, 1.54) is 18.3 Å². The van der Waals surface area contributed by atoms with E-state index in [-0.39, 0.29) is 25.5 Å². The van der Waals surface area contributed by atoms with E-state index in [2.05, 4.69) is 21.2 Å². The number of carbonyl (C=O) groups is 2. The average molecular weight is 604 g/mol. The molecule has 0 radical (unpaired) electrons. The van der Waals surface area contributed by atoms with Gasteiger partial charge in [-0.1, -0.05) is 30.3 Å². The summed E-state index contributed by atoms with van der Waals surface area (Å²) in [5, 5.41) is 21.2. The van der Waals surface area contributed by atoms with Crippen molar-refractivity contribution in [2.24, 2.45) is 5.10 Å². The highest BCUT2D eigenvalue weighted by Crippen LogP contribution is 2.33. The fourth-order valence-corrected chi connectivity index (χ4v) is 4.45. The van der Waals surface area contributed by atoms with E-state index >= 15 is 0 Å². The molecule has 0 spiro atoms. The summed E-state index contributed by atoms with van der Waals surface area (Å²) in [5.41, 5.74) is 5.43. The molecule has 4 rings (SSSR count). The zero-order valence-corrected chi connectivity index (χ0v) is 24.2. The molecule has 12 nitrogen and oxygen atoms in total. The van der Waals surface area contributed by atoms with Gasteiger partial charge in [0.25, 0.3) is 11.6 Å². The van der Waals surface area contributed by atoms with Crippen LogP contribution in [0.15, 0.2) is 89.2 Å². The van der Waals surface area contributed by atoms with Crippen LogP contribution in [0.25, 0.3) is 0 Å². The number of nitrogens with one attached hydrogen (secondary N) is 3. The maximum absolute atomic E-state index is 12.7. The lowest BCUT2D eigenvalue weighted by Crippen LogP contribution is -2.45. The minimum atomic E-state index is -0.639. The number of hydrogen-bond donors (Lipinski definition) is 3. The molecule has 222 valence electrons. The molecule has 1 aliphatic rings. The van der Waals surface area contributed by atoms with E-state index < -0.39 is 22.8 Å². The highest BCUT2D eigenvalue weighted by molar-refractivity contribution is 7.80. The number of rotatable bonds is 12. The third kappa shape index (κ3) is 8.36. The number of carbonyl (C=O) groups excluding carboxylic acids is 2. The summed E-state index contributed by atoms with van der Waals surface area (Å²) in [6.07, 6.45) is 1.46. The molecule has 0 unspecified atom stereocenters. The Bertz CT molecular complexity index is 1570. The lowest BCUT2D eigenvalue weighted by Gasteiger charge is -2.30. The molecule has 1 heterocycles. The summed E-state index contributed by atoms with van der Waals surface area (Å²) < 4.78 is 16.8. The van der Waals surface area contributed by atoms with Gasteiger partial charge in [0.2, 0.25) is 0 Å². The van der Waals surface area contributed by atoms with E-state index in [0.717, 1.165) is 5.56 Å². The molecule has 43 heavy (non-hydrogen) atoms. The fraction of sp³-hybridized carbons (Fsp3) is 0.200. The Hall–Kier alpha value is -5.30. The lowest BCUT2D eigenvalue weighted by molar-refractivity contribution is -0.384. The molecule has 0 saturated carbocycles. The number of nitro groups is 1. The summed E-state index contributed by atoms with van der Waals surface area (Å²) in [6, 6.07) is 19.6. The molecule has 0 aromatic heterocycles. The van der Waals surface area contributed by atoms with Crippen LogP contribution in [0.5, 0.6) is 11.5 Å². The van der Waals surface area contributed by atoms with Crippen molar-refractivity contribution in [2.45, 2.75) is 26.5 Å². The van der Waals surface area contributed by atoms with E-state index in [0.29, 0.717) is 39.0 Å². The minimum Gasteiger partial charge on any atom is -0.489 e. The number of hydrazone groups is 1. The quantitative estimate of drug-likeness (QED) is 0.0908. The van der Waals surface area contributed by atoms with Gasteiger partial charge in [-0.05, 0) is 67.5 Å². The van der Waals surface area contributed by atoms with Crippen molar-refractivity contribution in [1.82, 2.24) is 16.1 Å². The molecule has 0 saturated heterocycles. The number of amides is 1. The van der Waals surface area contributed by atoms with Crippen LogP contribution < -0.4 is 25.5 Å². The van der Waals surface area contributed by atoms with Crippen LogP contribution in [-0.2, 0) is 20.9 Å². The smallest absolute Gasteiger partial charge is 0.338 e. The van der Waals surface area contributed by atoms with E-state index in [9.17, 15) is 19.7 Å². The van der Waals surface area contributed by atoms with Crippen molar-refractivity contribution < 1.29 is 28.7 Å². The molecule has 0 fully saturated rings. The van der Waals surface area contributed by atoms with Gasteiger partial charge in [0.05, 0.1) is 29.4 Å². The highest BCUT2D eigenvalue weighted by Gasteiger charge is 2.32. The van der Waals surface area contributed by atoms with E-state index in [1.807, 2.05) is 0 Å². The summed E-state index contributed by atoms with van der Waals surface area (Å²) in [4.78, 5) is 35.6. The number of nitrogens with zero attached hydrogens (tertiary/aromatic N) is 2. The molecule has 0 aliphatic carbocycles. The number of benzene rings is 3. The zero-order chi connectivity index (χ0) is 30.8. The Balaban J connectivity index is 1.34. The number of thiocarbonyl (C=S) groups is 1. The number of non-ortho nitro benzene ring substituents is 1. The van der Waals surface area contributed by atoms with Crippen LogP contribution in [0.4, 0.5) is 5.69 Å². The Morgan fingerprint density at radius 1 is 1.09 bits per heavy atom. The summed E-state index contributed by atoms with van der Waals surface area (Å²) in [5.74, 6) is -0.0414. The van der Waals surface area contributed by atoms with Gasteiger partial charge < -0.3 is 24.8 Å². The van der Waals surface area contributed by atoms with Crippen molar-refractivity contribution in [3.8, 4) is 11.5 Å². The molecule has 3 aromatic rings. The second-order valence-electron chi connectivity index (χ2n) is 9.20. The van der Waals surface area contributed by atoms with E-state index in [1.54, 1.807) is 74.5 Å². The molecule has 3 aromatic carbocycles. The van der Waals surface area contributed by atoms with Gasteiger partial charge in [-0.15, -0.1) is 0 Å². The number of nitro benzene ring substituents is 1. The summed E-state index contributed by atoms with van der Waals surface area (Å²) >= 11 is 5.30. The second kappa shape index (κ2) is 14.5. The predicted octanol–water partition coefficient (Wildman–Crippen LogP) is 4.06. The Labute approximate surface area is 252 Å². The molecule has 1 aliphatic heterocycles. The van der Waals surface area contributed by atoms with Gasteiger partial charge in [0.1, 0.15) is 18.1 Å². The number of esters is 1. The van der Waals surface area contributed by atoms with Gasteiger partial charge in [0.15, 0.2) is 11.7 Å². The van der Waals surface area contributed by atoms with Crippen LogP contribution in [0.3, 0.4) is 0 Å². The van der Waals surface area contributed by atoms with Gasteiger partial charge in [0, 0.05) is 23.4 Å². The first-order valence-electron chi connectivity index (χ1n) is 13.2. The van der Waals surface area contributed by atoms with Crippen LogP contribution in [0.1, 0.15) is 36.6 Å². The molecule has 0 bridgehead atoms. The van der Waals surface area contributed by atoms with Gasteiger partial charge in [-0.3, -0.25) is 14.9 Å². The maximum atomic E-state index is 12.7. The Morgan fingerprint density at radius 2 is 1.86 bits per heavy atom. The molecule has 1 atom stereocenters. The largest absolute Gasteiger partial charge is 0.489 e. The third-order valence-corrected chi connectivity index (χ3v) is 6.39. The van der Waals surface area contributed by atoms with Crippen LogP contribution >= 0.6 is 12.2 Å². The number of hydrogen-bond acceptors (Lipinski definition) is 9. The van der Waals surface area contributed by atoms with E-state index in [4.69, 9.17) is 26.4 Å². The molecule has 3 N–H and O–H groups in total. The lowest BCUT2D eigenvalue weighted by atomic mass is 9.95. The summed E-state index contributed by atoms with van der Waals surface area (Å²) in [6.45, 7) is 3.57. The predicted molar refractivity (Wildman–Crippen MR) is 162 cm³/mol. The molecular weight excluding hydrogens is 574 g/mol. The summed E-state index contributed by atoms with van der Waals surface area (Å²) in [7, 11) is 0. The first-order valence-corrected chi connectivity index (χ1v) is 13.6. The van der Waals surface area contributed by atoms with Crippen molar-refractivity contribution in [3.63, 3.8) is 0 Å². The first kappa shape index (κ1) is 30.7. The number of ether oxygens (including phenoxy) is 3. The molecule has 13 heteroatoms. The first-order chi connectivity index (χ1) is 20.7. The number of allylic oxidation sites excluding steroid dienone is 1. The minimum absolute atomic E-state index is 0.0115. The molecule has 1 amide bonds. The van der Waals surface area contributed by atoms with Crippen molar-refractivity contribution >= 4 is 41.1 Å². The van der Waals surface area contributed by atoms with Crippen molar-refractivity contribution in [2.75, 3.05) is 13.2 Å². The Kier molecular flexibility index (Phi) is 10.4. The van der Waals surface area contributed by atoms with Gasteiger partial charge in [-0.2, -0.15) is 5.10 Å². The van der Waals surface area contributed by atoms with Crippen LogP contribution in [-0.4, -0.2) is 41.3 Å². The Morgan fingerprint density at radius 3 is 2.60 bits per heavy atom. The standard InChI is InChI=1S/C30H29N5O7S/c1-3-40-29(37)27-19(2)32-30(43)33-28(27)24-9-4-5-10-25(24)42-18-26(36)34-31-16-21-7-6-8-23(15-21)41-17-20-11-13-22(14-12-20)35(38)39/h4-16,28H,3,17-18H2,1-2H3,(H,34,36)(H2,32,33,43)/t28-/m1/s1. The second-order valence-corrected chi connectivity index (χ2v) is 9.60. The van der Waals surface area contributed by atoms with Crippen LogP contribution in [0.2, 0.25) is 0 Å². The van der Waals surface area contributed by atoms with Crippen molar-refractivity contribution in [3.05, 3.63) is 111 Å². The maximum Gasteiger partial charge on any atom is 0.338 e. The molecular formula is C30H29N5O7S.